The van der Waals surface area contributed by atoms with E-state index in [4.69, 9.17) is 10.8 Å². The van der Waals surface area contributed by atoms with Crippen molar-refractivity contribution >= 4 is 11.7 Å². The molecule has 7 heteroatoms. The average molecular weight is 234 g/mol. The first-order valence-corrected chi connectivity index (χ1v) is 4.36. The van der Waals surface area contributed by atoms with Crippen molar-refractivity contribution in [1.82, 2.24) is 4.98 Å². The molecule has 0 fully saturated rings. The third kappa shape index (κ3) is 1.93. The van der Waals surface area contributed by atoms with Crippen LogP contribution in [0.1, 0.15) is 29.4 Å². The molecule has 16 heavy (non-hydrogen) atoms. The molecule has 0 saturated heterocycles. The van der Waals surface area contributed by atoms with Gasteiger partial charge >= 0.3 is 5.97 Å². The topological polar surface area (TPSA) is 76.2 Å². The molecule has 1 heterocycles. The summed E-state index contributed by atoms with van der Waals surface area (Å²) in [6, 6.07) is 0. The summed E-state index contributed by atoms with van der Waals surface area (Å²) in [5.74, 6) is -6.46. The predicted molar refractivity (Wildman–Crippen MR) is 49.8 cm³/mol. The van der Waals surface area contributed by atoms with Gasteiger partial charge in [0.15, 0.2) is 5.82 Å². The van der Waals surface area contributed by atoms with Crippen LogP contribution < -0.4 is 5.73 Å². The van der Waals surface area contributed by atoms with E-state index in [1.807, 2.05) is 0 Å². The second-order valence-electron chi connectivity index (χ2n) is 3.11. The highest BCUT2D eigenvalue weighted by molar-refractivity contribution is 5.93. The Balaban J connectivity index is 3.38. The highest BCUT2D eigenvalue weighted by atomic mass is 19.3. The van der Waals surface area contributed by atoms with Crippen LogP contribution in [0.4, 0.5) is 18.9 Å². The summed E-state index contributed by atoms with van der Waals surface area (Å²) < 4.78 is 39.7. The van der Waals surface area contributed by atoms with Gasteiger partial charge in [0.2, 0.25) is 0 Å². The van der Waals surface area contributed by atoms with Crippen LogP contribution in [0.3, 0.4) is 0 Å². The van der Waals surface area contributed by atoms with Crippen molar-refractivity contribution in [1.29, 1.82) is 0 Å². The first-order chi connectivity index (χ1) is 7.31. The molecule has 0 saturated carbocycles. The number of carboxylic acid groups (broad SMARTS) is 1. The summed E-state index contributed by atoms with van der Waals surface area (Å²) in [6.45, 7) is 1.16. The van der Waals surface area contributed by atoms with Crippen LogP contribution in [0.25, 0.3) is 0 Å². The zero-order valence-corrected chi connectivity index (χ0v) is 8.30. The van der Waals surface area contributed by atoms with Crippen molar-refractivity contribution in [3.8, 4) is 0 Å². The molecule has 0 spiro atoms. The predicted octanol–water partition coefficient (Wildman–Crippen LogP) is 2.00. The number of rotatable bonds is 3. The minimum absolute atomic E-state index is 0.625. The lowest BCUT2D eigenvalue weighted by atomic mass is 10.1. The normalized spacial score (nSPS) is 11.5. The first kappa shape index (κ1) is 12.3. The molecular weight excluding hydrogens is 225 g/mol. The molecule has 0 aliphatic carbocycles. The molecule has 0 aliphatic heterocycles. The van der Waals surface area contributed by atoms with Crippen molar-refractivity contribution in [3.63, 3.8) is 0 Å². The number of alkyl halides is 2. The SMILES string of the molecule is CCC(F)(F)c1ncc(C(=O)O)c(N)c1F. The molecule has 4 nitrogen and oxygen atoms in total. The second-order valence-corrected chi connectivity index (χ2v) is 3.11. The number of aromatic nitrogens is 1. The summed E-state index contributed by atoms with van der Waals surface area (Å²) in [5, 5.41) is 8.57. The lowest BCUT2D eigenvalue weighted by Gasteiger charge is -2.15. The van der Waals surface area contributed by atoms with Gasteiger partial charge in [-0.25, -0.2) is 9.18 Å². The van der Waals surface area contributed by atoms with Crippen LogP contribution >= 0.6 is 0 Å². The minimum atomic E-state index is -3.46. The molecule has 0 bridgehead atoms. The fourth-order valence-corrected chi connectivity index (χ4v) is 1.09. The quantitative estimate of drug-likeness (QED) is 0.838. The molecule has 0 aliphatic rings. The first-order valence-electron chi connectivity index (χ1n) is 4.36. The highest BCUT2D eigenvalue weighted by Gasteiger charge is 2.36. The summed E-state index contributed by atoms with van der Waals surface area (Å²) in [5.41, 5.74) is 2.52. The Morgan fingerprint density at radius 3 is 2.62 bits per heavy atom. The standard InChI is InChI=1S/C9H9F3N2O2/c1-2-9(11,12)7-5(10)6(13)4(3-14-7)8(15)16/h3H,2H2,1H3,(H2,13,14)(H,15,16). The molecule has 0 unspecified atom stereocenters. The van der Waals surface area contributed by atoms with Gasteiger partial charge in [0.1, 0.15) is 11.3 Å². The van der Waals surface area contributed by atoms with Crippen molar-refractivity contribution in [2.75, 3.05) is 5.73 Å². The van der Waals surface area contributed by atoms with Crippen LogP contribution in [-0.4, -0.2) is 16.1 Å². The van der Waals surface area contributed by atoms with E-state index in [0.717, 1.165) is 6.92 Å². The monoisotopic (exact) mass is 234 g/mol. The number of halogens is 3. The molecule has 0 radical (unpaired) electrons. The molecular formula is C9H9F3N2O2. The Kier molecular flexibility index (Phi) is 3.06. The van der Waals surface area contributed by atoms with E-state index in [9.17, 15) is 18.0 Å². The van der Waals surface area contributed by atoms with Gasteiger partial charge in [-0.05, 0) is 0 Å². The molecule has 3 N–H and O–H groups in total. The molecule has 0 atom stereocenters. The third-order valence-corrected chi connectivity index (χ3v) is 2.08. The Bertz CT molecular complexity index is 435. The maximum atomic E-state index is 13.4. The molecule has 0 amide bonds. The van der Waals surface area contributed by atoms with Gasteiger partial charge < -0.3 is 10.8 Å². The Morgan fingerprint density at radius 2 is 2.19 bits per heavy atom. The number of pyridine rings is 1. The van der Waals surface area contributed by atoms with Crippen LogP contribution in [0.2, 0.25) is 0 Å². The van der Waals surface area contributed by atoms with Crippen molar-refractivity contribution in [2.24, 2.45) is 0 Å². The number of hydrogen-bond donors (Lipinski definition) is 2. The molecule has 1 aromatic rings. The maximum absolute atomic E-state index is 13.4. The lowest BCUT2D eigenvalue weighted by Crippen LogP contribution is -2.19. The number of aromatic carboxylic acids is 1. The number of carbonyl (C=O) groups is 1. The van der Waals surface area contributed by atoms with Gasteiger partial charge in [-0.2, -0.15) is 8.78 Å². The van der Waals surface area contributed by atoms with Crippen molar-refractivity contribution < 1.29 is 23.1 Å². The van der Waals surface area contributed by atoms with Gasteiger partial charge in [0, 0.05) is 12.6 Å². The van der Waals surface area contributed by atoms with E-state index in [0.29, 0.717) is 6.20 Å². The number of carboxylic acids is 1. The maximum Gasteiger partial charge on any atom is 0.339 e. The zero-order chi connectivity index (χ0) is 12.5. The second kappa shape index (κ2) is 3.99. The van der Waals surface area contributed by atoms with E-state index in [1.54, 1.807) is 0 Å². The summed E-state index contributed by atoms with van der Waals surface area (Å²) in [7, 11) is 0. The van der Waals surface area contributed by atoms with Crippen LogP contribution in [0, 0.1) is 5.82 Å². The van der Waals surface area contributed by atoms with Gasteiger partial charge in [-0.1, -0.05) is 6.92 Å². The Labute approximate surface area is 88.9 Å². The Hall–Kier alpha value is -1.79. The number of nitrogens with two attached hydrogens (primary N) is 1. The molecule has 1 rings (SSSR count). The summed E-state index contributed by atoms with van der Waals surface area (Å²) >= 11 is 0. The van der Waals surface area contributed by atoms with Crippen molar-refractivity contribution in [2.45, 2.75) is 19.3 Å². The van der Waals surface area contributed by atoms with E-state index in [1.165, 1.54) is 0 Å². The molecule has 88 valence electrons. The summed E-state index contributed by atoms with van der Waals surface area (Å²) in [4.78, 5) is 13.6. The third-order valence-electron chi connectivity index (χ3n) is 2.08. The number of nitrogens with zero attached hydrogens (tertiary/aromatic N) is 1. The number of anilines is 1. The van der Waals surface area contributed by atoms with Crippen LogP contribution in [0.15, 0.2) is 6.20 Å². The van der Waals surface area contributed by atoms with Crippen molar-refractivity contribution in [3.05, 3.63) is 23.3 Å². The summed E-state index contributed by atoms with van der Waals surface area (Å²) in [6.07, 6.45) is -0.0254. The smallest absolute Gasteiger partial charge is 0.339 e. The highest BCUT2D eigenvalue weighted by Crippen LogP contribution is 2.34. The van der Waals surface area contributed by atoms with Gasteiger partial charge in [0.25, 0.3) is 5.92 Å². The van der Waals surface area contributed by atoms with Crippen LogP contribution in [0.5, 0.6) is 0 Å². The van der Waals surface area contributed by atoms with Gasteiger partial charge in [-0.15, -0.1) is 0 Å². The van der Waals surface area contributed by atoms with E-state index in [-0.39, 0.29) is 0 Å². The molecule has 1 aromatic heterocycles. The fraction of sp³-hybridized carbons (Fsp3) is 0.333. The fourth-order valence-electron chi connectivity index (χ4n) is 1.09. The average Bonchev–Trinajstić information content (AvgIpc) is 2.21. The van der Waals surface area contributed by atoms with Gasteiger partial charge in [-0.3, -0.25) is 4.98 Å². The molecule has 0 aromatic carbocycles. The van der Waals surface area contributed by atoms with E-state index in [2.05, 4.69) is 4.98 Å². The zero-order valence-electron chi connectivity index (χ0n) is 8.30. The lowest BCUT2D eigenvalue weighted by molar-refractivity contribution is -0.0164. The Morgan fingerprint density at radius 1 is 1.62 bits per heavy atom. The number of nitrogen functional groups attached to an aromatic ring is 1. The minimum Gasteiger partial charge on any atom is -0.478 e. The van der Waals surface area contributed by atoms with Crippen LogP contribution in [-0.2, 0) is 5.92 Å². The van der Waals surface area contributed by atoms with Gasteiger partial charge in [0.05, 0.1) is 5.69 Å². The number of hydrogen-bond acceptors (Lipinski definition) is 3. The van der Waals surface area contributed by atoms with E-state index >= 15 is 0 Å². The van der Waals surface area contributed by atoms with E-state index < -0.39 is 41.1 Å². The largest absolute Gasteiger partial charge is 0.478 e.